The zero-order valence-electron chi connectivity index (χ0n) is 28.3. The van der Waals surface area contributed by atoms with Crippen molar-refractivity contribution >= 4 is 29.6 Å². The summed E-state index contributed by atoms with van der Waals surface area (Å²) in [4.78, 5) is 49.8. The summed E-state index contributed by atoms with van der Waals surface area (Å²) in [6.07, 6.45) is -13.4. The molecule has 0 bridgehead atoms. The van der Waals surface area contributed by atoms with Crippen molar-refractivity contribution < 1.29 is 92.3 Å². The van der Waals surface area contributed by atoms with Crippen molar-refractivity contribution in [1.82, 2.24) is 14.9 Å². The van der Waals surface area contributed by atoms with Crippen LogP contribution < -0.4 is 4.90 Å². The molecule has 0 aliphatic carbocycles. The van der Waals surface area contributed by atoms with E-state index >= 15 is 0 Å². The molecule has 1 atom stereocenters. The van der Waals surface area contributed by atoms with Crippen LogP contribution in [0.25, 0.3) is 0 Å². The normalized spacial score (nSPS) is 16.3. The number of hydrogen-bond donors (Lipinski definition) is 4. The van der Waals surface area contributed by atoms with E-state index < -0.39 is 48.6 Å². The first-order chi connectivity index (χ1) is 25.5. The molecule has 4 N–H and O–H groups in total. The first-order valence-corrected chi connectivity index (χ1v) is 15.1. The summed E-state index contributed by atoms with van der Waals surface area (Å²) in [6.45, 7) is 7.33. The third-order valence-electron chi connectivity index (χ3n) is 7.11. The Balaban J connectivity index is 0.000000457. The molecule has 0 amide bonds. The number of carboxylic acid groups (broad SMARTS) is 4. The second-order valence-corrected chi connectivity index (χ2v) is 11.5. The number of halogens is 12. The number of carbonyl (C=O) groups is 4. The highest BCUT2D eigenvalue weighted by atomic mass is 19.4. The molecular weight excluding hydrogens is 796 g/mol. The maximum Gasteiger partial charge on any atom is 0.490 e. The van der Waals surface area contributed by atoms with Crippen LogP contribution in [0, 0.1) is 6.92 Å². The Morgan fingerprint density at radius 1 is 0.661 bits per heavy atom. The van der Waals surface area contributed by atoms with E-state index in [9.17, 15) is 52.7 Å². The number of hydrogen-bond acceptors (Lipinski definition) is 8. The number of nitrogens with zero attached hydrogens (tertiary/aromatic N) is 4. The lowest BCUT2D eigenvalue weighted by atomic mass is 9.85. The molecular formula is C32H30F12N4O8. The van der Waals surface area contributed by atoms with Gasteiger partial charge >= 0.3 is 48.6 Å². The summed E-state index contributed by atoms with van der Waals surface area (Å²) < 4.78 is 127. The lowest BCUT2D eigenvalue weighted by Crippen LogP contribution is -2.36. The predicted octanol–water partition coefficient (Wildman–Crippen LogP) is 6.48. The number of aliphatic carboxylic acids is 4. The standard InChI is InChI=1S/C24H26N4.4C2HF3O2/c1-19-5-2-6-20(13-19)15-27-12-9-24(17-27)18-28(16-21-7-3-10-25-14-21)22-8-4-11-26-23(22)24;4*3-2(4,5)1(6)7/h2-8,10-11,13-14H,9,12,15-18H2,1H3;4*(H,6,7). The quantitative estimate of drug-likeness (QED) is 0.211. The maximum absolute atomic E-state index is 10.6. The van der Waals surface area contributed by atoms with Gasteiger partial charge in [-0.1, -0.05) is 35.9 Å². The van der Waals surface area contributed by atoms with Gasteiger partial charge in [0.2, 0.25) is 0 Å². The molecule has 3 aromatic rings. The Morgan fingerprint density at radius 3 is 1.55 bits per heavy atom. The molecule has 1 fully saturated rings. The van der Waals surface area contributed by atoms with Crippen LogP contribution in [0.1, 0.15) is 28.8 Å². The second kappa shape index (κ2) is 19.8. The molecule has 1 saturated heterocycles. The first kappa shape index (κ1) is 48.3. The highest BCUT2D eigenvalue weighted by Crippen LogP contribution is 2.45. The van der Waals surface area contributed by atoms with Crippen molar-refractivity contribution in [3.63, 3.8) is 0 Å². The summed E-state index contributed by atoms with van der Waals surface area (Å²) in [7, 11) is 0. The summed E-state index contributed by atoms with van der Waals surface area (Å²) >= 11 is 0. The molecule has 5 rings (SSSR count). The van der Waals surface area contributed by atoms with Crippen LogP contribution in [0.3, 0.4) is 0 Å². The Bertz CT molecular complexity index is 1680. The van der Waals surface area contributed by atoms with Crippen LogP contribution in [0.2, 0.25) is 0 Å². The van der Waals surface area contributed by atoms with Gasteiger partial charge in [-0.2, -0.15) is 52.7 Å². The molecule has 24 heteroatoms. The summed E-state index contributed by atoms with van der Waals surface area (Å²) in [5.74, 6) is -11.0. The highest BCUT2D eigenvalue weighted by Gasteiger charge is 2.48. The summed E-state index contributed by atoms with van der Waals surface area (Å²) in [5.41, 5.74) is 6.71. The first-order valence-electron chi connectivity index (χ1n) is 15.1. The van der Waals surface area contributed by atoms with Gasteiger partial charge in [0.25, 0.3) is 0 Å². The number of benzene rings is 1. The van der Waals surface area contributed by atoms with E-state index in [1.165, 1.54) is 34.5 Å². The highest BCUT2D eigenvalue weighted by molar-refractivity contribution is 5.74. The summed E-state index contributed by atoms with van der Waals surface area (Å²) in [5, 5.41) is 28.5. The monoisotopic (exact) mass is 826 g/mol. The molecule has 310 valence electrons. The van der Waals surface area contributed by atoms with Gasteiger partial charge in [-0.05, 0) is 49.2 Å². The number of rotatable bonds is 4. The minimum absolute atomic E-state index is 0.141. The smallest absolute Gasteiger partial charge is 0.475 e. The SMILES string of the molecule is Cc1cccc(CN2CCC3(C2)CN(Cc2cccnc2)c2cccnc23)c1.O=C(O)C(F)(F)F.O=C(O)C(F)(F)F.O=C(O)C(F)(F)F.O=C(O)C(F)(F)F. The van der Waals surface area contributed by atoms with Crippen LogP contribution in [-0.2, 0) is 37.7 Å². The zero-order chi connectivity index (χ0) is 43.3. The second-order valence-electron chi connectivity index (χ2n) is 11.5. The fourth-order valence-corrected chi connectivity index (χ4v) is 4.92. The van der Waals surface area contributed by atoms with Crippen molar-refractivity contribution in [2.75, 3.05) is 24.5 Å². The van der Waals surface area contributed by atoms with Gasteiger partial charge in [-0.15, -0.1) is 0 Å². The molecule has 2 aliphatic rings. The summed E-state index contributed by atoms with van der Waals surface area (Å²) in [6, 6.07) is 17.4. The van der Waals surface area contributed by atoms with Gasteiger partial charge in [0, 0.05) is 50.2 Å². The molecule has 0 saturated carbocycles. The number of aryl methyl sites for hydroxylation is 1. The topological polar surface area (TPSA) is 181 Å². The fraction of sp³-hybridized carbons (Fsp3) is 0.375. The third-order valence-corrected chi connectivity index (χ3v) is 7.11. The van der Waals surface area contributed by atoms with Crippen LogP contribution in [0.5, 0.6) is 0 Å². The molecule has 1 unspecified atom stereocenters. The van der Waals surface area contributed by atoms with Crippen LogP contribution in [-0.4, -0.2) is 104 Å². The van der Waals surface area contributed by atoms with Gasteiger partial charge in [0.05, 0.1) is 11.4 Å². The van der Waals surface area contributed by atoms with E-state index in [2.05, 4.69) is 64.2 Å². The zero-order valence-corrected chi connectivity index (χ0v) is 28.3. The van der Waals surface area contributed by atoms with E-state index in [0.29, 0.717) is 0 Å². The van der Waals surface area contributed by atoms with E-state index in [1.54, 1.807) is 0 Å². The average molecular weight is 827 g/mol. The third kappa shape index (κ3) is 16.4. The van der Waals surface area contributed by atoms with Crippen molar-refractivity contribution in [2.24, 2.45) is 0 Å². The van der Waals surface area contributed by atoms with E-state index in [4.69, 9.17) is 44.6 Å². The minimum atomic E-state index is -5.08. The Morgan fingerprint density at radius 2 is 1.12 bits per heavy atom. The van der Waals surface area contributed by atoms with Gasteiger partial charge in [-0.25, -0.2) is 19.2 Å². The molecule has 56 heavy (non-hydrogen) atoms. The molecule has 1 spiro atoms. The van der Waals surface area contributed by atoms with Gasteiger partial charge in [0.15, 0.2) is 0 Å². The van der Waals surface area contributed by atoms with E-state index in [1.807, 2.05) is 24.7 Å². The number of likely N-dealkylation sites (tertiary alicyclic amines) is 1. The molecule has 2 aliphatic heterocycles. The van der Waals surface area contributed by atoms with Gasteiger partial charge < -0.3 is 25.3 Å². The average Bonchev–Trinajstić information content (AvgIpc) is 3.60. The number of aromatic nitrogens is 2. The van der Waals surface area contributed by atoms with Crippen molar-refractivity contribution in [2.45, 2.75) is 56.6 Å². The lowest BCUT2D eigenvalue weighted by Gasteiger charge is -2.26. The Labute approximate surface area is 307 Å². The van der Waals surface area contributed by atoms with Gasteiger partial charge in [-0.3, -0.25) is 14.9 Å². The van der Waals surface area contributed by atoms with Crippen molar-refractivity contribution in [3.8, 4) is 0 Å². The molecule has 12 nitrogen and oxygen atoms in total. The molecule has 0 radical (unpaired) electrons. The fourth-order valence-electron chi connectivity index (χ4n) is 4.92. The minimum Gasteiger partial charge on any atom is -0.475 e. The molecule has 1 aromatic carbocycles. The van der Waals surface area contributed by atoms with Crippen molar-refractivity contribution in [3.05, 3.63) is 89.5 Å². The Hall–Kier alpha value is -5.68. The number of alkyl halides is 12. The lowest BCUT2D eigenvalue weighted by molar-refractivity contribution is -0.193. The number of anilines is 1. The number of fused-ring (bicyclic) bond motifs is 2. The Kier molecular flexibility index (Phi) is 17.1. The molecule has 2 aromatic heterocycles. The van der Waals surface area contributed by atoms with E-state index in [0.717, 1.165) is 32.7 Å². The van der Waals surface area contributed by atoms with Crippen LogP contribution in [0.4, 0.5) is 58.4 Å². The largest absolute Gasteiger partial charge is 0.490 e. The van der Waals surface area contributed by atoms with E-state index in [-0.39, 0.29) is 5.41 Å². The van der Waals surface area contributed by atoms with Gasteiger partial charge in [0.1, 0.15) is 0 Å². The molecule has 4 heterocycles. The van der Waals surface area contributed by atoms with Crippen molar-refractivity contribution in [1.29, 1.82) is 0 Å². The maximum atomic E-state index is 10.6. The number of pyridine rings is 2. The van der Waals surface area contributed by atoms with Crippen LogP contribution >= 0.6 is 0 Å². The predicted molar refractivity (Wildman–Crippen MR) is 167 cm³/mol. The van der Waals surface area contributed by atoms with Crippen LogP contribution in [0.15, 0.2) is 67.1 Å². The number of carboxylic acids is 4.